The highest BCUT2D eigenvalue weighted by molar-refractivity contribution is 8.26. The molecular weight excluding hydrogens is 500 g/mol. The van der Waals surface area contributed by atoms with Gasteiger partial charge in [0.25, 0.3) is 12.3 Å². The molecular formula is C26H25F2N5O3S. The summed E-state index contributed by atoms with van der Waals surface area (Å²) in [5, 5.41) is 26.2. The minimum absolute atomic E-state index is 0.0268. The van der Waals surface area contributed by atoms with Crippen molar-refractivity contribution in [2.75, 3.05) is 7.11 Å². The van der Waals surface area contributed by atoms with Gasteiger partial charge in [0, 0.05) is 22.6 Å². The second kappa shape index (κ2) is 12.3. The van der Waals surface area contributed by atoms with Gasteiger partial charge in [0.15, 0.2) is 5.17 Å². The average molecular weight is 526 g/mol. The molecule has 8 nitrogen and oxygen atoms in total. The monoisotopic (exact) mass is 525 g/mol. The summed E-state index contributed by atoms with van der Waals surface area (Å²) in [6.45, 7) is 5.31. The number of halogens is 2. The molecule has 1 aromatic heterocycles. The van der Waals surface area contributed by atoms with Gasteiger partial charge in [-0.15, -0.1) is 0 Å². The van der Waals surface area contributed by atoms with Gasteiger partial charge < -0.3 is 14.8 Å². The van der Waals surface area contributed by atoms with Gasteiger partial charge in [0.1, 0.15) is 22.6 Å². The molecule has 1 fully saturated rings. The van der Waals surface area contributed by atoms with Crippen molar-refractivity contribution in [2.24, 2.45) is 5.92 Å². The van der Waals surface area contributed by atoms with Crippen LogP contribution in [0.5, 0.6) is 5.75 Å². The fourth-order valence-corrected chi connectivity index (χ4v) is 3.54. The first-order valence-electron chi connectivity index (χ1n) is 11.1. The standard InChI is InChI=1S/C26H25F2N5O3S/c1-4-14(2)36-24(30)16-8-9-17(25(34)33-26(31)37-22(29)10-7-15-5-6-15)18(11-16)19-12-20(23(27)28)32-13-21(19)35-3/h4,8-9,11-15,23,29-30H,1,5-6H2,2-3H3,(H2,31,33,34). The molecule has 37 heavy (non-hydrogen) atoms. The first kappa shape index (κ1) is 27.5. The number of pyridine rings is 1. The third-order valence-electron chi connectivity index (χ3n) is 5.18. The summed E-state index contributed by atoms with van der Waals surface area (Å²) < 4.78 is 37.7. The van der Waals surface area contributed by atoms with Crippen LogP contribution in [0.4, 0.5) is 8.78 Å². The highest BCUT2D eigenvalue weighted by Gasteiger charge is 2.22. The Hall–Kier alpha value is -4.04. The summed E-state index contributed by atoms with van der Waals surface area (Å²) in [5.41, 5.74) is 0.0900. The van der Waals surface area contributed by atoms with E-state index < -0.39 is 24.1 Å². The van der Waals surface area contributed by atoms with E-state index in [1.54, 1.807) is 6.92 Å². The van der Waals surface area contributed by atoms with E-state index >= 15 is 0 Å². The third kappa shape index (κ3) is 7.47. The van der Waals surface area contributed by atoms with Crippen LogP contribution in [0.2, 0.25) is 0 Å². The number of nitrogens with zero attached hydrogens (tertiary/aromatic N) is 1. The summed E-state index contributed by atoms with van der Waals surface area (Å²) in [7, 11) is 1.34. The lowest BCUT2D eigenvalue weighted by molar-refractivity contribution is 0.0978. The molecule has 11 heteroatoms. The molecule has 0 radical (unpaired) electrons. The lowest BCUT2D eigenvalue weighted by atomic mass is 9.96. The third-order valence-corrected chi connectivity index (χ3v) is 5.80. The summed E-state index contributed by atoms with van der Waals surface area (Å²) in [4.78, 5) is 16.9. The molecule has 0 bridgehead atoms. The Morgan fingerprint density at radius 2 is 2.00 bits per heavy atom. The first-order valence-corrected chi connectivity index (χ1v) is 12.0. The molecule has 1 saturated carbocycles. The van der Waals surface area contributed by atoms with Crippen molar-refractivity contribution >= 4 is 33.8 Å². The zero-order valence-corrected chi connectivity index (χ0v) is 21.0. The first-order chi connectivity index (χ1) is 17.6. The molecule has 3 rings (SSSR count). The number of carbonyl (C=O) groups is 1. The molecule has 1 amide bonds. The van der Waals surface area contributed by atoms with E-state index in [0.717, 1.165) is 25.1 Å². The van der Waals surface area contributed by atoms with Crippen LogP contribution in [-0.2, 0) is 4.74 Å². The molecule has 1 heterocycles. The van der Waals surface area contributed by atoms with Crippen LogP contribution in [0.15, 0.2) is 43.1 Å². The van der Waals surface area contributed by atoms with Gasteiger partial charge >= 0.3 is 0 Å². The number of alkyl halides is 2. The maximum Gasteiger partial charge on any atom is 0.280 e. The quantitative estimate of drug-likeness (QED) is 0.166. The van der Waals surface area contributed by atoms with Gasteiger partial charge in [-0.25, -0.2) is 8.78 Å². The molecule has 4 N–H and O–H groups in total. The number of methoxy groups -OCH3 is 1. The highest BCUT2D eigenvalue weighted by Crippen LogP contribution is 2.35. The van der Waals surface area contributed by atoms with Crippen LogP contribution < -0.4 is 10.1 Å². The molecule has 192 valence electrons. The molecule has 1 aromatic carbocycles. The molecule has 1 atom stereocenters. The summed E-state index contributed by atoms with van der Waals surface area (Å²) >= 11 is 0.689. The van der Waals surface area contributed by atoms with Gasteiger partial charge in [-0.2, -0.15) is 0 Å². The number of aromatic nitrogens is 1. The molecule has 0 aliphatic heterocycles. The van der Waals surface area contributed by atoms with Crippen molar-refractivity contribution in [3.8, 4) is 28.7 Å². The fraction of sp³-hybridized carbons (Fsp3) is 0.269. The van der Waals surface area contributed by atoms with E-state index in [0.29, 0.717) is 11.8 Å². The number of hydrogen-bond donors (Lipinski definition) is 4. The van der Waals surface area contributed by atoms with Gasteiger partial charge in [0.2, 0.25) is 5.90 Å². The summed E-state index contributed by atoms with van der Waals surface area (Å²) in [6, 6.07) is 5.42. The Kier molecular flexibility index (Phi) is 9.14. The number of carbonyl (C=O) groups excluding carboxylic acids is 1. The largest absolute Gasteiger partial charge is 0.494 e. The second-order valence-corrected chi connectivity index (χ2v) is 9.04. The van der Waals surface area contributed by atoms with Crippen LogP contribution in [0.3, 0.4) is 0 Å². The van der Waals surface area contributed by atoms with Crippen molar-refractivity contribution in [1.82, 2.24) is 10.3 Å². The molecule has 0 spiro atoms. The van der Waals surface area contributed by atoms with Crippen molar-refractivity contribution in [3.05, 3.63) is 59.9 Å². The van der Waals surface area contributed by atoms with E-state index in [9.17, 15) is 13.6 Å². The summed E-state index contributed by atoms with van der Waals surface area (Å²) in [5.74, 6) is 5.06. The minimum atomic E-state index is -2.87. The predicted molar refractivity (Wildman–Crippen MR) is 140 cm³/mol. The van der Waals surface area contributed by atoms with Crippen molar-refractivity contribution in [2.45, 2.75) is 32.3 Å². The van der Waals surface area contributed by atoms with Crippen LogP contribution in [-0.4, -0.2) is 40.2 Å². The van der Waals surface area contributed by atoms with Crippen LogP contribution >= 0.6 is 11.8 Å². The van der Waals surface area contributed by atoms with Crippen LogP contribution in [0.25, 0.3) is 11.1 Å². The molecule has 1 unspecified atom stereocenters. The smallest absolute Gasteiger partial charge is 0.280 e. The highest BCUT2D eigenvalue weighted by atomic mass is 32.2. The number of benzene rings is 1. The number of amidine groups is 1. The number of amides is 1. The Bertz CT molecular complexity index is 1320. The number of thioether (sulfide) groups is 1. The molecule has 0 saturated heterocycles. The molecule has 1 aliphatic carbocycles. The zero-order chi connectivity index (χ0) is 27.1. The van der Waals surface area contributed by atoms with Crippen LogP contribution in [0.1, 0.15) is 47.8 Å². The minimum Gasteiger partial charge on any atom is -0.494 e. The van der Waals surface area contributed by atoms with E-state index in [2.05, 4.69) is 28.7 Å². The number of ether oxygens (including phenoxy) is 2. The Balaban J connectivity index is 1.98. The number of hydrogen-bond acceptors (Lipinski definition) is 8. The topological polar surface area (TPSA) is 132 Å². The van der Waals surface area contributed by atoms with Crippen LogP contribution in [0, 0.1) is 34.0 Å². The lowest BCUT2D eigenvalue weighted by Gasteiger charge is -2.17. The van der Waals surface area contributed by atoms with E-state index in [4.69, 9.17) is 25.7 Å². The summed E-state index contributed by atoms with van der Waals surface area (Å²) in [6.07, 6.45) is 1.30. The van der Waals surface area contributed by atoms with Gasteiger partial charge in [-0.1, -0.05) is 18.6 Å². The Morgan fingerprint density at radius 1 is 1.27 bits per heavy atom. The SMILES string of the molecule is C=CC(C)OC(=N)c1ccc(C(=O)NC(=N)SC(=N)C#CC2CC2)c(-c2cc(C(F)F)ncc2OC)c1. The van der Waals surface area contributed by atoms with E-state index in [1.807, 2.05) is 0 Å². The number of nitrogens with one attached hydrogen (secondary N) is 4. The second-order valence-electron chi connectivity index (χ2n) is 8.02. The normalized spacial score (nSPS) is 13.1. The van der Waals surface area contributed by atoms with Gasteiger partial charge in [-0.3, -0.25) is 26.0 Å². The predicted octanol–water partition coefficient (Wildman–Crippen LogP) is 5.40. The average Bonchev–Trinajstić information content (AvgIpc) is 3.71. The fourth-order valence-electron chi connectivity index (χ4n) is 3.08. The van der Waals surface area contributed by atoms with Gasteiger partial charge in [-0.05, 0) is 67.3 Å². The van der Waals surface area contributed by atoms with Crippen molar-refractivity contribution in [3.63, 3.8) is 0 Å². The van der Waals surface area contributed by atoms with Crippen molar-refractivity contribution < 1.29 is 23.0 Å². The Morgan fingerprint density at radius 3 is 2.62 bits per heavy atom. The Labute approximate surface area is 217 Å². The lowest BCUT2D eigenvalue weighted by Crippen LogP contribution is -2.29. The van der Waals surface area contributed by atoms with E-state index in [-0.39, 0.29) is 50.0 Å². The zero-order valence-electron chi connectivity index (χ0n) is 20.2. The van der Waals surface area contributed by atoms with E-state index in [1.165, 1.54) is 31.4 Å². The van der Waals surface area contributed by atoms with Crippen molar-refractivity contribution in [1.29, 1.82) is 16.2 Å². The maximum absolute atomic E-state index is 13.4. The maximum atomic E-state index is 13.4. The molecule has 2 aromatic rings. The van der Waals surface area contributed by atoms with Gasteiger partial charge in [0.05, 0.1) is 13.3 Å². The number of rotatable bonds is 7. The molecule has 1 aliphatic rings.